The zero-order valence-corrected chi connectivity index (χ0v) is 11.6. The van der Waals surface area contributed by atoms with Crippen molar-refractivity contribution in [2.24, 2.45) is 17.8 Å². The van der Waals surface area contributed by atoms with E-state index in [4.69, 9.17) is 11.6 Å². The van der Waals surface area contributed by atoms with Gasteiger partial charge < -0.3 is 5.32 Å². The van der Waals surface area contributed by atoms with Gasteiger partial charge in [-0.05, 0) is 55.4 Å². The highest BCUT2D eigenvalue weighted by Crippen LogP contribution is 2.51. The van der Waals surface area contributed by atoms with Crippen molar-refractivity contribution >= 4 is 23.2 Å². The molecule has 0 aliphatic heterocycles. The Morgan fingerprint density at radius 3 is 2.79 bits per heavy atom. The lowest BCUT2D eigenvalue weighted by Crippen LogP contribution is -2.15. The van der Waals surface area contributed by atoms with E-state index < -0.39 is 0 Å². The fraction of sp³-hybridized carbons (Fsp3) is 0.438. The zero-order chi connectivity index (χ0) is 13.2. The highest BCUT2D eigenvalue weighted by molar-refractivity contribution is 6.30. The van der Waals surface area contributed by atoms with E-state index in [2.05, 4.69) is 17.5 Å². The first-order valence-corrected chi connectivity index (χ1v) is 7.36. The second-order valence-electron chi connectivity index (χ2n) is 5.48. The minimum Gasteiger partial charge on any atom is -0.326 e. The van der Waals surface area contributed by atoms with Crippen molar-refractivity contribution in [3.05, 3.63) is 41.4 Å². The number of rotatable bonds is 2. The van der Waals surface area contributed by atoms with Crippen molar-refractivity contribution < 1.29 is 4.79 Å². The van der Waals surface area contributed by atoms with E-state index in [0.29, 0.717) is 16.9 Å². The fourth-order valence-electron chi connectivity index (χ4n) is 3.06. The monoisotopic (exact) mass is 275 g/mol. The molecule has 1 fully saturated rings. The van der Waals surface area contributed by atoms with Crippen LogP contribution < -0.4 is 5.32 Å². The predicted molar refractivity (Wildman–Crippen MR) is 78.2 cm³/mol. The van der Waals surface area contributed by atoms with E-state index in [9.17, 15) is 4.79 Å². The van der Waals surface area contributed by atoms with E-state index in [0.717, 1.165) is 12.1 Å². The summed E-state index contributed by atoms with van der Waals surface area (Å²) in [6, 6.07) is 7.29. The molecule has 1 N–H and O–H groups in total. The number of amides is 1. The molecule has 0 saturated heterocycles. The molecule has 1 aromatic carbocycles. The molecule has 0 unspecified atom stereocenters. The number of anilines is 1. The fourth-order valence-corrected chi connectivity index (χ4v) is 3.18. The molecule has 2 nitrogen and oxygen atoms in total. The highest BCUT2D eigenvalue weighted by Gasteiger charge is 2.52. The summed E-state index contributed by atoms with van der Waals surface area (Å²) in [5, 5.41) is 3.69. The third-order valence-corrected chi connectivity index (χ3v) is 4.41. The van der Waals surface area contributed by atoms with E-state index in [1.54, 1.807) is 12.1 Å². The SMILES string of the molecule is O=C(Nc1ccc(Cl)cc1)[C@@H]1[C@H]2/C=C\CCCC[C@H]21. The van der Waals surface area contributed by atoms with Crippen LogP contribution in [0.3, 0.4) is 0 Å². The van der Waals surface area contributed by atoms with E-state index in [1.165, 1.54) is 19.3 Å². The molecule has 0 bridgehead atoms. The number of nitrogens with one attached hydrogen (secondary N) is 1. The number of halogens is 1. The molecule has 0 aromatic heterocycles. The van der Waals surface area contributed by atoms with Gasteiger partial charge in [-0.3, -0.25) is 4.79 Å². The third kappa shape index (κ3) is 2.84. The Morgan fingerprint density at radius 2 is 2.00 bits per heavy atom. The van der Waals surface area contributed by atoms with Crippen molar-refractivity contribution in [1.29, 1.82) is 0 Å². The standard InChI is InChI=1S/C16H18ClNO/c17-11-7-9-12(10-8-11)18-16(19)15-13-5-3-1-2-4-6-14(13)15/h3,5,7-10,13-15H,1-2,4,6H2,(H,18,19)/b5-3-/t13-,14+,15+/m0/s1. The van der Waals surface area contributed by atoms with Gasteiger partial charge in [-0.15, -0.1) is 0 Å². The van der Waals surface area contributed by atoms with Crippen LogP contribution in [-0.4, -0.2) is 5.91 Å². The minimum absolute atomic E-state index is 0.156. The lowest BCUT2D eigenvalue weighted by molar-refractivity contribution is -0.117. The summed E-state index contributed by atoms with van der Waals surface area (Å²) < 4.78 is 0. The molecule has 0 radical (unpaired) electrons. The van der Waals surface area contributed by atoms with Crippen LogP contribution in [0.2, 0.25) is 5.02 Å². The molecule has 1 amide bonds. The average molecular weight is 276 g/mol. The van der Waals surface area contributed by atoms with Crippen molar-refractivity contribution in [2.75, 3.05) is 5.32 Å². The van der Waals surface area contributed by atoms with Crippen LogP contribution in [0.4, 0.5) is 5.69 Å². The molecule has 0 spiro atoms. The summed E-state index contributed by atoms with van der Waals surface area (Å²) in [5.41, 5.74) is 0.831. The van der Waals surface area contributed by atoms with Crippen molar-refractivity contribution in [2.45, 2.75) is 25.7 Å². The van der Waals surface area contributed by atoms with Gasteiger partial charge in [0.15, 0.2) is 0 Å². The Labute approximate surface area is 118 Å². The van der Waals surface area contributed by atoms with Gasteiger partial charge in [0.25, 0.3) is 0 Å². The summed E-state index contributed by atoms with van der Waals surface area (Å²) in [6.45, 7) is 0. The van der Waals surface area contributed by atoms with E-state index in [-0.39, 0.29) is 11.8 Å². The quantitative estimate of drug-likeness (QED) is 0.803. The number of carbonyl (C=O) groups excluding carboxylic acids is 1. The second kappa shape index (κ2) is 5.38. The van der Waals surface area contributed by atoms with Crippen LogP contribution in [0.25, 0.3) is 0 Å². The third-order valence-electron chi connectivity index (χ3n) is 4.16. The first-order chi connectivity index (χ1) is 9.25. The Morgan fingerprint density at radius 1 is 1.21 bits per heavy atom. The van der Waals surface area contributed by atoms with Crippen LogP contribution in [-0.2, 0) is 4.79 Å². The Kier molecular flexibility index (Phi) is 3.61. The molecule has 3 rings (SSSR count). The van der Waals surface area contributed by atoms with E-state index >= 15 is 0 Å². The van der Waals surface area contributed by atoms with Crippen LogP contribution >= 0.6 is 11.6 Å². The average Bonchev–Trinajstić information content (AvgIpc) is 3.03. The molecule has 3 heteroatoms. The van der Waals surface area contributed by atoms with Crippen molar-refractivity contribution in [3.63, 3.8) is 0 Å². The predicted octanol–water partition coefficient (Wildman–Crippen LogP) is 4.27. The molecule has 3 atom stereocenters. The summed E-state index contributed by atoms with van der Waals surface area (Å²) in [5.74, 6) is 1.35. The number of hydrogen-bond donors (Lipinski definition) is 1. The first-order valence-electron chi connectivity index (χ1n) is 6.99. The van der Waals surface area contributed by atoms with Crippen LogP contribution in [0, 0.1) is 17.8 Å². The number of carbonyl (C=O) groups is 1. The van der Waals surface area contributed by atoms with Crippen molar-refractivity contribution in [3.8, 4) is 0 Å². The molecule has 1 saturated carbocycles. The Hall–Kier alpha value is -1.28. The topological polar surface area (TPSA) is 29.1 Å². The second-order valence-corrected chi connectivity index (χ2v) is 5.91. The van der Waals surface area contributed by atoms with Gasteiger partial charge in [0.2, 0.25) is 5.91 Å². The lowest BCUT2D eigenvalue weighted by Gasteiger charge is -2.04. The van der Waals surface area contributed by atoms with Crippen molar-refractivity contribution in [1.82, 2.24) is 0 Å². The maximum Gasteiger partial charge on any atom is 0.228 e. The maximum absolute atomic E-state index is 12.3. The van der Waals surface area contributed by atoms with Gasteiger partial charge in [-0.1, -0.05) is 30.2 Å². The number of benzene rings is 1. The first kappa shape index (κ1) is 12.7. The van der Waals surface area contributed by atoms with Gasteiger partial charge in [0, 0.05) is 16.6 Å². The summed E-state index contributed by atoms with van der Waals surface area (Å²) in [4.78, 5) is 12.3. The number of allylic oxidation sites excluding steroid dienone is 2. The molecule has 1 aromatic rings. The minimum atomic E-state index is 0.156. The molecule has 2 aliphatic rings. The highest BCUT2D eigenvalue weighted by atomic mass is 35.5. The normalized spacial score (nSPS) is 30.7. The van der Waals surface area contributed by atoms with Crippen LogP contribution in [0.5, 0.6) is 0 Å². The van der Waals surface area contributed by atoms with Gasteiger partial charge in [-0.2, -0.15) is 0 Å². The number of hydrogen-bond acceptors (Lipinski definition) is 1. The van der Waals surface area contributed by atoms with Crippen LogP contribution in [0.15, 0.2) is 36.4 Å². The lowest BCUT2D eigenvalue weighted by atomic mass is 10.1. The molecule has 100 valence electrons. The van der Waals surface area contributed by atoms with Gasteiger partial charge in [-0.25, -0.2) is 0 Å². The van der Waals surface area contributed by atoms with Gasteiger partial charge >= 0.3 is 0 Å². The zero-order valence-electron chi connectivity index (χ0n) is 10.8. The Balaban J connectivity index is 1.64. The summed E-state index contributed by atoms with van der Waals surface area (Å²) >= 11 is 5.84. The molecule has 19 heavy (non-hydrogen) atoms. The number of fused-ring (bicyclic) bond motifs is 1. The summed E-state index contributed by atoms with van der Waals surface area (Å²) in [6.07, 6.45) is 9.34. The largest absolute Gasteiger partial charge is 0.326 e. The van der Waals surface area contributed by atoms with Crippen LogP contribution in [0.1, 0.15) is 25.7 Å². The summed E-state index contributed by atoms with van der Waals surface area (Å²) in [7, 11) is 0. The smallest absolute Gasteiger partial charge is 0.228 e. The molecular formula is C16H18ClNO. The molecular weight excluding hydrogens is 258 g/mol. The van der Waals surface area contributed by atoms with Gasteiger partial charge in [0.05, 0.1) is 0 Å². The van der Waals surface area contributed by atoms with E-state index in [1.807, 2.05) is 12.1 Å². The van der Waals surface area contributed by atoms with Gasteiger partial charge in [0.1, 0.15) is 0 Å². The molecule has 2 aliphatic carbocycles. The molecule has 0 heterocycles. The Bertz CT molecular complexity index is 494. The maximum atomic E-state index is 12.3.